The van der Waals surface area contributed by atoms with Crippen molar-refractivity contribution in [3.63, 3.8) is 0 Å². The third-order valence-corrected chi connectivity index (χ3v) is 3.69. The molecule has 1 heterocycles. The second-order valence-electron chi connectivity index (χ2n) is 5.15. The van der Waals surface area contributed by atoms with E-state index in [1.54, 1.807) is 7.11 Å². The fraction of sp³-hybridized carbons (Fsp3) is 0.625. The molecule has 1 aromatic carbocycles. The van der Waals surface area contributed by atoms with Gasteiger partial charge < -0.3 is 24.8 Å². The number of nitrogens with two attached hydrogens (primary N) is 1. The van der Waals surface area contributed by atoms with Gasteiger partial charge in [0.25, 0.3) is 0 Å². The maximum Gasteiger partial charge on any atom is 0.0701 e. The highest BCUT2D eigenvalue weighted by atomic mass is 16.5. The molecule has 0 aliphatic carbocycles. The highest BCUT2D eigenvalue weighted by Gasteiger charge is 2.17. The minimum atomic E-state index is 0.618. The molecule has 0 aromatic heterocycles. The van der Waals surface area contributed by atoms with Crippen LogP contribution in [0.1, 0.15) is 12.0 Å². The van der Waals surface area contributed by atoms with Gasteiger partial charge in [0.1, 0.15) is 0 Å². The number of rotatable bonds is 9. The average molecular weight is 294 g/mol. The molecule has 0 amide bonds. The fourth-order valence-corrected chi connectivity index (χ4v) is 2.60. The van der Waals surface area contributed by atoms with Crippen LogP contribution < -0.4 is 10.6 Å². The molecule has 21 heavy (non-hydrogen) atoms. The Morgan fingerprint density at radius 1 is 1.10 bits per heavy atom. The first-order valence-corrected chi connectivity index (χ1v) is 7.59. The lowest BCUT2D eigenvalue weighted by atomic mass is 10.00. The largest absolute Gasteiger partial charge is 0.398 e. The van der Waals surface area contributed by atoms with Gasteiger partial charge in [0.05, 0.1) is 33.0 Å². The van der Waals surface area contributed by atoms with Crippen molar-refractivity contribution in [2.24, 2.45) is 0 Å². The second-order valence-corrected chi connectivity index (χ2v) is 5.15. The molecule has 5 nitrogen and oxygen atoms in total. The normalized spacial score (nSPS) is 14.2. The van der Waals surface area contributed by atoms with Gasteiger partial charge in [-0.25, -0.2) is 0 Å². The molecule has 0 bridgehead atoms. The van der Waals surface area contributed by atoms with E-state index >= 15 is 0 Å². The Kier molecular flexibility index (Phi) is 6.79. The van der Waals surface area contributed by atoms with Crippen LogP contribution >= 0.6 is 0 Å². The van der Waals surface area contributed by atoms with Crippen molar-refractivity contribution in [2.75, 3.05) is 63.9 Å². The lowest BCUT2D eigenvalue weighted by molar-refractivity contribution is 0.0264. The van der Waals surface area contributed by atoms with Crippen LogP contribution in [0.5, 0.6) is 0 Å². The topological polar surface area (TPSA) is 57.0 Å². The van der Waals surface area contributed by atoms with Gasteiger partial charge >= 0.3 is 0 Å². The molecule has 0 saturated heterocycles. The molecular weight excluding hydrogens is 268 g/mol. The summed E-state index contributed by atoms with van der Waals surface area (Å²) in [5.74, 6) is 0. The average Bonchev–Trinajstić information content (AvgIpc) is 2.51. The van der Waals surface area contributed by atoms with Gasteiger partial charge in [-0.1, -0.05) is 6.07 Å². The molecule has 1 aromatic rings. The lowest BCUT2D eigenvalue weighted by Gasteiger charge is -2.31. The van der Waals surface area contributed by atoms with Gasteiger partial charge in [-0.15, -0.1) is 0 Å². The molecule has 2 rings (SSSR count). The van der Waals surface area contributed by atoms with Crippen LogP contribution in [0.3, 0.4) is 0 Å². The van der Waals surface area contributed by atoms with E-state index in [4.69, 9.17) is 19.9 Å². The van der Waals surface area contributed by atoms with Crippen LogP contribution in [0, 0.1) is 0 Å². The van der Waals surface area contributed by atoms with Crippen molar-refractivity contribution in [3.8, 4) is 0 Å². The van der Waals surface area contributed by atoms with Crippen molar-refractivity contribution in [2.45, 2.75) is 12.8 Å². The molecule has 0 saturated carbocycles. The lowest BCUT2D eigenvalue weighted by Crippen LogP contribution is -2.33. The van der Waals surface area contributed by atoms with Crippen molar-refractivity contribution in [1.29, 1.82) is 0 Å². The Hall–Kier alpha value is -1.30. The first-order chi connectivity index (χ1) is 10.3. The van der Waals surface area contributed by atoms with Crippen molar-refractivity contribution >= 4 is 11.4 Å². The minimum Gasteiger partial charge on any atom is -0.398 e. The number of ether oxygens (including phenoxy) is 3. The van der Waals surface area contributed by atoms with E-state index in [0.29, 0.717) is 33.0 Å². The molecule has 0 unspecified atom stereocenters. The molecule has 0 spiro atoms. The third-order valence-electron chi connectivity index (χ3n) is 3.69. The van der Waals surface area contributed by atoms with Gasteiger partial charge in [0, 0.05) is 31.6 Å². The fourth-order valence-electron chi connectivity index (χ4n) is 2.60. The van der Waals surface area contributed by atoms with Crippen LogP contribution in [0.2, 0.25) is 0 Å². The maximum absolute atomic E-state index is 6.05. The van der Waals surface area contributed by atoms with Gasteiger partial charge in [-0.05, 0) is 30.5 Å². The number of benzene rings is 1. The van der Waals surface area contributed by atoms with E-state index in [-0.39, 0.29) is 0 Å². The standard InChI is InChI=1S/C16H26N2O3/c1-19-10-11-21-13-12-20-9-8-18-7-3-4-14-15(17)5-2-6-16(14)18/h2,5-6H,3-4,7-13,17H2,1H3. The second kappa shape index (κ2) is 8.87. The molecule has 5 heteroatoms. The first-order valence-electron chi connectivity index (χ1n) is 7.59. The summed E-state index contributed by atoms with van der Waals surface area (Å²) in [5, 5.41) is 0. The molecule has 0 fully saturated rings. The van der Waals surface area contributed by atoms with Crippen molar-refractivity contribution < 1.29 is 14.2 Å². The molecule has 0 atom stereocenters. The highest BCUT2D eigenvalue weighted by molar-refractivity contribution is 5.66. The van der Waals surface area contributed by atoms with E-state index < -0.39 is 0 Å². The number of nitrogens with zero attached hydrogens (tertiary/aromatic N) is 1. The molecular formula is C16H26N2O3. The van der Waals surface area contributed by atoms with E-state index in [1.807, 2.05) is 12.1 Å². The summed E-state index contributed by atoms with van der Waals surface area (Å²) >= 11 is 0. The van der Waals surface area contributed by atoms with Crippen LogP contribution in [-0.4, -0.2) is 53.2 Å². The zero-order chi connectivity index (χ0) is 14.9. The smallest absolute Gasteiger partial charge is 0.0701 e. The Morgan fingerprint density at radius 2 is 1.86 bits per heavy atom. The summed E-state index contributed by atoms with van der Waals surface area (Å²) in [4.78, 5) is 2.36. The zero-order valence-corrected chi connectivity index (χ0v) is 12.8. The molecule has 2 N–H and O–H groups in total. The highest BCUT2D eigenvalue weighted by Crippen LogP contribution is 2.30. The van der Waals surface area contributed by atoms with Gasteiger partial charge in [-0.2, -0.15) is 0 Å². The number of fused-ring (bicyclic) bond motifs is 1. The number of nitrogen functional groups attached to an aromatic ring is 1. The summed E-state index contributed by atoms with van der Waals surface area (Å²) in [6.07, 6.45) is 2.23. The van der Waals surface area contributed by atoms with Gasteiger partial charge in [0.15, 0.2) is 0 Å². The van der Waals surface area contributed by atoms with Crippen LogP contribution in [0.15, 0.2) is 18.2 Å². The van der Waals surface area contributed by atoms with E-state index in [9.17, 15) is 0 Å². The van der Waals surface area contributed by atoms with Crippen LogP contribution in [-0.2, 0) is 20.6 Å². The first kappa shape index (κ1) is 16.1. The Balaban J connectivity index is 1.67. The predicted octanol–water partition coefficient (Wildman–Crippen LogP) is 1.70. The quantitative estimate of drug-likeness (QED) is 0.555. The van der Waals surface area contributed by atoms with E-state index in [1.165, 1.54) is 11.3 Å². The Bertz CT molecular complexity index is 426. The summed E-state index contributed by atoms with van der Waals surface area (Å²) in [5.41, 5.74) is 9.51. The minimum absolute atomic E-state index is 0.618. The SMILES string of the molecule is COCCOCCOCCN1CCCc2c(N)cccc21. The Labute approximate surface area is 127 Å². The summed E-state index contributed by atoms with van der Waals surface area (Å²) < 4.78 is 15.9. The summed E-state index contributed by atoms with van der Waals surface area (Å²) in [7, 11) is 1.67. The summed E-state index contributed by atoms with van der Waals surface area (Å²) in [6, 6.07) is 6.16. The number of methoxy groups -OCH3 is 1. The molecule has 0 radical (unpaired) electrons. The zero-order valence-electron chi connectivity index (χ0n) is 12.8. The van der Waals surface area contributed by atoms with E-state index in [0.717, 1.165) is 31.6 Å². The van der Waals surface area contributed by atoms with Crippen molar-refractivity contribution in [3.05, 3.63) is 23.8 Å². The van der Waals surface area contributed by atoms with Gasteiger partial charge in [0.2, 0.25) is 0 Å². The number of hydrogen-bond donors (Lipinski definition) is 1. The van der Waals surface area contributed by atoms with E-state index in [2.05, 4.69) is 11.0 Å². The maximum atomic E-state index is 6.05. The molecule has 118 valence electrons. The molecule has 1 aliphatic rings. The van der Waals surface area contributed by atoms with Gasteiger partial charge in [-0.3, -0.25) is 0 Å². The molecule has 1 aliphatic heterocycles. The predicted molar refractivity (Wildman–Crippen MR) is 84.9 cm³/mol. The van der Waals surface area contributed by atoms with Crippen molar-refractivity contribution in [1.82, 2.24) is 0 Å². The number of hydrogen-bond acceptors (Lipinski definition) is 5. The van der Waals surface area contributed by atoms with Crippen LogP contribution in [0.25, 0.3) is 0 Å². The summed E-state index contributed by atoms with van der Waals surface area (Å²) in [6.45, 7) is 5.18. The monoisotopic (exact) mass is 294 g/mol. The third kappa shape index (κ3) is 4.88. The Morgan fingerprint density at radius 3 is 2.67 bits per heavy atom. The van der Waals surface area contributed by atoms with Crippen LogP contribution in [0.4, 0.5) is 11.4 Å². The number of anilines is 2.